The van der Waals surface area contributed by atoms with E-state index in [2.05, 4.69) is 9.88 Å². The van der Waals surface area contributed by atoms with E-state index < -0.39 is 11.7 Å². The van der Waals surface area contributed by atoms with Crippen molar-refractivity contribution in [2.75, 3.05) is 19.6 Å². The fraction of sp³-hybridized carbons (Fsp3) is 0.350. The third kappa shape index (κ3) is 4.48. The molecule has 2 heterocycles. The largest absolute Gasteiger partial charge is 0.416 e. The first-order valence-corrected chi connectivity index (χ1v) is 8.47. The molecule has 132 valence electrons. The predicted octanol–water partition coefficient (Wildman–Crippen LogP) is 4.94. The molecule has 1 aromatic heterocycles. The van der Waals surface area contributed by atoms with Gasteiger partial charge in [-0.05, 0) is 50.6 Å². The van der Waals surface area contributed by atoms with Gasteiger partial charge in [-0.15, -0.1) is 0 Å². The molecule has 0 atom stereocenters. The van der Waals surface area contributed by atoms with Gasteiger partial charge >= 0.3 is 6.18 Å². The molecule has 0 radical (unpaired) electrons. The Bertz CT molecular complexity index is 742. The highest BCUT2D eigenvalue weighted by atomic mass is 19.4. The van der Waals surface area contributed by atoms with E-state index in [1.807, 2.05) is 37.3 Å². The van der Waals surface area contributed by atoms with Crippen LogP contribution in [0, 0.1) is 6.92 Å². The van der Waals surface area contributed by atoms with Crippen molar-refractivity contribution < 1.29 is 13.2 Å². The highest BCUT2D eigenvalue weighted by Crippen LogP contribution is 2.31. The van der Waals surface area contributed by atoms with Crippen molar-refractivity contribution in [2.45, 2.75) is 25.9 Å². The van der Waals surface area contributed by atoms with Gasteiger partial charge in [-0.3, -0.25) is 9.88 Å². The Balaban J connectivity index is 1.98. The number of halogens is 3. The van der Waals surface area contributed by atoms with Gasteiger partial charge in [-0.2, -0.15) is 13.2 Å². The number of rotatable bonds is 4. The van der Waals surface area contributed by atoms with Gasteiger partial charge in [0.25, 0.3) is 0 Å². The van der Waals surface area contributed by atoms with Crippen LogP contribution in [0.4, 0.5) is 13.2 Å². The molecule has 1 fully saturated rings. The fourth-order valence-electron chi connectivity index (χ4n) is 3.04. The number of aryl methyl sites for hydroxylation is 1. The second-order valence-corrected chi connectivity index (χ2v) is 6.42. The maximum atomic E-state index is 13.1. The highest BCUT2D eigenvalue weighted by molar-refractivity contribution is 5.78. The zero-order valence-electron chi connectivity index (χ0n) is 14.2. The van der Waals surface area contributed by atoms with E-state index >= 15 is 0 Å². The van der Waals surface area contributed by atoms with E-state index in [0.29, 0.717) is 5.69 Å². The van der Waals surface area contributed by atoms with Crippen LogP contribution in [0.25, 0.3) is 5.57 Å². The molecule has 0 saturated carbocycles. The summed E-state index contributed by atoms with van der Waals surface area (Å²) in [6.07, 6.45) is 1.21. The smallest absolute Gasteiger partial charge is 0.300 e. The predicted molar refractivity (Wildman–Crippen MR) is 93.2 cm³/mol. The molecule has 3 rings (SSSR count). The highest BCUT2D eigenvalue weighted by Gasteiger charge is 2.31. The van der Waals surface area contributed by atoms with Gasteiger partial charge in [0.05, 0.1) is 11.3 Å². The average molecular weight is 346 g/mol. The summed E-state index contributed by atoms with van der Waals surface area (Å²) in [6.45, 7) is 4.78. The Morgan fingerprint density at radius 3 is 2.44 bits per heavy atom. The van der Waals surface area contributed by atoms with Crippen LogP contribution in [-0.4, -0.2) is 29.5 Å². The SMILES string of the molecule is Cc1ccc(/C(=C\CN2CCCC2)c2cc(C(F)(F)F)ccn2)cc1. The number of likely N-dealkylation sites (tertiary alicyclic amines) is 1. The first-order chi connectivity index (χ1) is 11.9. The lowest BCUT2D eigenvalue weighted by Crippen LogP contribution is -2.19. The lowest BCUT2D eigenvalue weighted by molar-refractivity contribution is -0.137. The molecule has 2 aromatic rings. The van der Waals surface area contributed by atoms with E-state index in [4.69, 9.17) is 0 Å². The molecule has 1 saturated heterocycles. The Morgan fingerprint density at radius 2 is 1.80 bits per heavy atom. The van der Waals surface area contributed by atoms with Gasteiger partial charge in [0.1, 0.15) is 0 Å². The molecule has 0 spiro atoms. The van der Waals surface area contributed by atoms with E-state index in [1.165, 1.54) is 19.0 Å². The second kappa shape index (κ2) is 7.40. The Labute approximate surface area is 146 Å². The molecule has 5 heteroatoms. The van der Waals surface area contributed by atoms with Crippen molar-refractivity contribution in [3.8, 4) is 0 Å². The normalized spacial score (nSPS) is 16.4. The molecule has 0 unspecified atom stereocenters. The molecular formula is C20H21F3N2. The Hall–Kier alpha value is -2.14. The summed E-state index contributed by atoms with van der Waals surface area (Å²) in [4.78, 5) is 6.52. The van der Waals surface area contributed by atoms with Crippen molar-refractivity contribution in [2.24, 2.45) is 0 Å². The van der Waals surface area contributed by atoms with Gasteiger partial charge in [0.2, 0.25) is 0 Å². The molecule has 1 aromatic carbocycles. The molecule has 25 heavy (non-hydrogen) atoms. The number of pyridine rings is 1. The summed E-state index contributed by atoms with van der Waals surface area (Å²) in [7, 11) is 0. The van der Waals surface area contributed by atoms with Crippen molar-refractivity contribution in [3.63, 3.8) is 0 Å². The van der Waals surface area contributed by atoms with Crippen LogP contribution in [0.5, 0.6) is 0 Å². The minimum absolute atomic E-state index is 0.359. The number of aromatic nitrogens is 1. The number of hydrogen-bond donors (Lipinski definition) is 0. The van der Waals surface area contributed by atoms with Gasteiger partial charge in [-0.25, -0.2) is 0 Å². The van der Waals surface area contributed by atoms with Crippen molar-refractivity contribution >= 4 is 5.57 Å². The summed E-state index contributed by atoms with van der Waals surface area (Å²) >= 11 is 0. The van der Waals surface area contributed by atoms with E-state index in [-0.39, 0.29) is 0 Å². The van der Waals surface area contributed by atoms with Crippen LogP contribution in [0.3, 0.4) is 0 Å². The molecule has 0 amide bonds. The first kappa shape index (κ1) is 17.7. The number of nitrogens with zero attached hydrogens (tertiary/aromatic N) is 2. The van der Waals surface area contributed by atoms with E-state index in [9.17, 15) is 13.2 Å². The van der Waals surface area contributed by atoms with Crippen molar-refractivity contribution in [3.05, 3.63) is 71.1 Å². The van der Waals surface area contributed by atoms with Gasteiger partial charge in [0.15, 0.2) is 0 Å². The van der Waals surface area contributed by atoms with Crippen molar-refractivity contribution in [1.82, 2.24) is 9.88 Å². The van der Waals surface area contributed by atoms with E-state index in [0.717, 1.165) is 48.5 Å². The quantitative estimate of drug-likeness (QED) is 0.780. The number of hydrogen-bond acceptors (Lipinski definition) is 2. The van der Waals surface area contributed by atoms with Crippen LogP contribution in [0.1, 0.15) is 35.2 Å². The molecular weight excluding hydrogens is 325 g/mol. The van der Waals surface area contributed by atoms with Crippen molar-refractivity contribution in [1.29, 1.82) is 0 Å². The summed E-state index contributed by atoms with van der Waals surface area (Å²) < 4.78 is 39.2. The maximum Gasteiger partial charge on any atom is 0.416 e. The first-order valence-electron chi connectivity index (χ1n) is 8.47. The topological polar surface area (TPSA) is 16.1 Å². The van der Waals surface area contributed by atoms with Gasteiger partial charge in [0, 0.05) is 18.3 Å². The summed E-state index contributed by atoms with van der Waals surface area (Å²) in [5, 5.41) is 0. The van der Waals surface area contributed by atoms with Crippen LogP contribution >= 0.6 is 0 Å². The van der Waals surface area contributed by atoms with E-state index in [1.54, 1.807) is 0 Å². The molecule has 0 aliphatic carbocycles. The minimum Gasteiger partial charge on any atom is -0.300 e. The summed E-state index contributed by atoms with van der Waals surface area (Å²) in [5.41, 5.74) is 2.43. The zero-order chi connectivity index (χ0) is 17.9. The van der Waals surface area contributed by atoms with Crippen LogP contribution in [-0.2, 0) is 6.18 Å². The van der Waals surface area contributed by atoms with Crippen LogP contribution in [0.15, 0.2) is 48.7 Å². The minimum atomic E-state index is -4.37. The molecule has 0 bridgehead atoms. The lowest BCUT2D eigenvalue weighted by atomic mass is 9.99. The summed E-state index contributed by atoms with van der Waals surface area (Å²) in [6, 6.07) is 9.95. The average Bonchev–Trinajstić information content (AvgIpc) is 3.10. The Kier molecular flexibility index (Phi) is 5.23. The molecule has 1 aliphatic heterocycles. The standard InChI is InChI=1S/C20H21F3N2/c1-15-4-6-16(7-5-15)18(9-13-25-11-2-3-12-25)19-14-17(8-10-24-19)20(21,22)23/h4-10,14H,2-3,11-13H2,1H3/b18-9+. The Morgan fingerprint density at radius 1 is 1.12 bits per heavy atom. The summed E-state index contributed by atoms with van der Waals surface area (Å²) in [5.74, 6) is 0. The van der Waals surface area contributed by atoms with Gasteiger partial charge < -0.3 is 0 Å². The number of alkyl halides is 3. The third-order valence-corrected chi connectivity index (χ3v) is 4.48. The second-order valence-electron chi connectivity index (χ2n) is 6.42. The number of benzene rings is 1. The van der Waals surface area contributed by atoms with Crippen LogP contribution in [0.2, 0.25) is 0 Å². The molecule has 1 aliphatic rings. The maximum absolute atomic E-state index is 13.1. The molecule has 0 N–H and O–H groups in total. The lowest BCUT2D eigenvalue weighted by Gasteiger charge is -2.15. The van der Waals surface area contributed by atoms with Crippen LogP contribution < -0.4 is 0 Å². The monoisotopic (exact) mass is 346 g/mol. The van der Waals surface area contributed by atoms with Gasteiger partial charge in [-0.1, -0.05) is 35.9 Å². The molecule has 2 nitrogen and oxygen atoms in total. The fourth-order valence-corrected chi connectivity index (χ4v) is 3.04. The third-order valence-electron chi connectivity index (χ3n) is 4.48. The zero-order valence-corrected chi connectivity index (χ0v) is 14.2.